The van der Waals surface area contributed by atoms with E-state index >= 15 is 0 Å². The first-order chi connectivity index (χ1) is 15.7. The number of aromatic nitrogens is 4. The van der Waals surface area contributed by atoms with Gasteiger partial charge in [-0.15, -0.1) is 15.3 Å². The number of fused-ring (bicyclic) bond motifs is 1. The number of benzene rings is 2. The molecule has 1 aliphatic heterocycles. The van der Waals surface area contributed by atoms with Crippen LogP contribution in [0.2, 0.25) is 0 Å². The highest BCUT2D eigenvalue weighted by Gasteiger charge is 2.34. The van der Waals surface area contributed by atoms with Gasteiger partial charge in [-0.1, -0.05) is 24.3 Å². The highest BCUT2D eigenvalue weighted by Crippen LogP contribution is 2.36. The maximum absolute atomic E-state index is 14.3. The van der Waals surface area contributed by atoms with Gasteiger partial charge < -0.3 is 14.8 Å². The van der Waals surface area contributed by atoms with Gasteiger partial charge in [0, 0.05) is 25.2 Å². The number of nitrogens with one attached hydrogen (secondary N) is 1. The molecule has 0 radical (unpaired) electrons. The summed E-state index contributed by atoms with van der Waals surface area (Å²) in [5.74, 6) is 1.53. The molecule has 2 aromatic carbocycles. The van der Waals surface area contributed by atoms with Gasteiger partial charge in [0.05, 0.1) is 12.7 Å². The monoisotopic (exact) mass is 433 g/mol. The summed E-state index contributed by atoms with van der Waals surface area (Å²) in [5.41, 5.74) is 2.09. The normalized spacial score (nSPS) is 15.6. The standard InChI is InChI=1S/C24H24FN5O2/c1-31-18-8-6-17(7-9-18)24(12-14-32-15-13-24)16-26-21-10-11-22-27-28-23(30(22)29-21)19-4-2-3-5-20(19)25/h2-11H,12-16H2,1H3,(H,26,29). The fourth-order valence-corrected chi connectivity index (χ4v) is 4.23. The van der Waals surface area contributed by atoms with E-state index in [1.807, 2.05) is 24.3 Å². The quantitative estimate of drug-likeness (QED) is 0.494. The average molecular weight is 433 g/mol. The molecule has 1 N–H and O–H groups in total. The lowest BCUT2D eigenvalue weighted by Crippen LogP contribution is -2.40. The Balaban J connectivity index is 1.44. The molecule has 32 heavy (non-hydrogen) atoms. The van der Waals surface area contributed by atoms with Crippen LogP contribution in [-0.4, -0.2) is 46.7 Å². The second kappa shape index (κ2) is 8.55. The molecule has 0 aliphatic carbocycles. The zero-order chi connectivity index (χ0) is 22.0. The Morgan fingerprint density at radius 2 is 1.81 bits per heavy atom. The van der Waals surface area contributed by atoms with Gasteiger partial charge in [-0.25, -0.2) is 4.39 Å². The van der Waals surface area contributed by atoms with Crippen molar-refractivity contribution < 1.29 is 13.9 Å². The van der Waals surface area contributed by atoms with Crippen molar-refractivity contribution in [3.8, 4) is 17.1 Å². The SMILES string of the molecule is COc1ccc(C2(CNc3ccc4nnc(-c5ccccc5F)n4n3)CCOCC2)cc1. The van der Waals surface area contributed by atoms with E-state index in [2.05, 4.69) is 32.7 Å². The molecule has 8 heteroatoms. The van der Waals surface area contributed by atoms with Crippen LogP contribution in [0.3, 0.4) is 0 Å². The van der Waals surface area contributed by atoms with Crippen molar-refractivity contribution in [3.05, 3.63) is 72.0 Å². The summed E-state index contributed by atoms with van der Waals surface area (Å²) in [6, 6.07) is 18.4. The molecule has 1 saturated heterocycles. The third-order valence-electron chi connectivity index (χ3n) is 6.14. The molecule has 1 fully saturated rings. The molecule has 164 valence electrons. The maximum atomic E-state index is 14.3. The number of rotatable bonds is 6. The number of anilines is 1. The summed E-state index contributed by atoms with van der Waals surface area (Å²) in [7, 11) is 1.67. The van der Waals surface area contributed by atoms with Gasteiger partial charge in [0.2, 0.25) is 0 Å². The van der Waals surface area contributed by atoms with E-state index in [0.717, 1.165) is 18.6 Å². The maximum Gasteiger partial charge on any atom is 0.188 e. The molecule has 0 amide bonds. The number of methoxy groups -OCH3 is 1. The van der Waals surface area contributed by atoms with Gasteiger partial charge in [-0.05, 0) is 54.8 Å². The zero-order valence-corrected chi connectivity index (χ0v) is 17.8. The van der Waals surface area contributed by atoms with Crippen LogP contribution in [0, 0.1) is 5.82 Å². The molecule has 0 unspecified atom stereocenters. The van der Waals surface area contributed by atoms with Crippen LogP contribution in [0.5, 0.6) is 5.75 Å². The fraction of sp³-hybridized carbons (Fsp3) is 0.292. The number of ether oxygens (including phenoxy) is 2. The average Bonchev–Trinajstić information content (AvgIpc) is 3.27. The Kier molecular flexibility index (Phi) is 5.45. The molecule has 0 spiro atoms. The summed E-state index contributed by atoms with van der Waals surface area (Å²) < 4.78 is 26.9. The van der Waals surface area contributed by atoms with Gasteiger partial charge >= 0.3 is 0 Å². The molecular formula is C24H24FN5O2. The van der Waals surface area contributed by atoms with Crippen LogP contribution in [0.4, 0.5) is 10.2 Å². The van der Waals surface area contributed by atoms with Crippen molar-refractivity contribution in [1.82, 2.24) is 19.8 Å². The number of halogens is 1. The molecule has 0 saturated carbocycles. The minimum absolute atomic E-state index is 0.0806. The topological polar surface area (TPSA) is 73.6 Å². The second-order valence-corrected chi connectivity index (χ2v) is 7.97. The first-order valence-electron chi connectivity index (χ1n) is 10.6. The number of hydrogen-bond acceptors (Lipinski definition) is 6. The second-order valence-electron chi connectivity index (χ2n) is 7.97. The summed E-state index contributed by atoms with van der Waals surface area (Å²) in [5, 5.41) is 16.4. The van der Waals surface area contributed by atoms with Crippen LogP contribution in [0.15, 0.2) is 60.7 Å². The van der Waals surface area contributed by atoms with E-state index in [9.17, 15) is 4.39 Å². The summed E-state index contributed by atoms with van der Waals surface area (Å²) in [6.07, 6.45) is 1.81. The van der Waals surface area contributed by atoms with Crippen molar-refractivity contribution in [3.63, 3.8) is 0 Å². The van der Waals surface area contributed by atoms with Gasteiger partial charge in [0.25, 0.3) is 0 Å². The molecule has 4 aromatic rings. The smallest absolute Gasteiger partial charge is 0.188 e. The van der Waals surface area contributed by atoms with Crippen molar-refractivity contribution in [2.24, 2.45) is 0 Å². The van der Waals surface area contributed by atoms with Crippen molar-refractivity contribution in [1.29, 1.82) is 0 Å². The van der Waals surface area contributed by atoms with Crippen LogP contribution in [-0.2, 0) is 10.2 Å². The Morgan fingerprint density at radius 3 is 2.56 bits per heavy atom. The van der Waals surface area contributed by atoms with Crippen molar-refractivity contribution in [2.45, 2.75) is 18.3 Å². The minimum Gasteiger partial charge on any atom is -0.497 e. The Bertz CT molecular complexity index is 1220. The van der Waals surface area contributed by atoms with E-state index in [4.69, 9.17) is 9.47 Å². The Labute approximate surface area is 185 Å². The molecule has 7 nitrogen and oxygen atoms in total. The molecule has 3 heterocycles. The zero-order valence-electron chi connectivity index (χ0n) is 17.8. The lowest BCUT2D eigenvalue weighted by atomic mass is 9.74. The molecule has 0 bridgehead atoms. The van der Waals surface area contributed by atoms with E-state index in [1.54, 1.807) is 29.8 Å². The van der Waals surface area contributed by atoms with Crippen LogP contribution in [0.1, 0.15) is 18.4 Å². The Hall–Kier alpha value is -3.52. The van der Waals surface area contributed by atoms with E-state index in [0.29, 0.717) is 42.6 Å². The molecule has 0 atom stereocenters. The van der Waals surface area contributed by atoms with Crippen molar-refractivity contribution in [2.75, 3.05) is 32.2 Å². The summed E-state index contributed by atoms with van der Waals surface area (Å²) in [6.45, 7) is 2.12. The fourth-order valence-electron chi connectivity index (χ4n) is 4.23. The van der Waals surface area contributed by atoms with Crippen molar-refractivity contribution >= 4 is 11.5 Å². The molecular weight excluding hydrogens is 409 g/mol. The van der Waals surface area contributed by atoms with Crippen LogP contribution < -0.4 is 10.1 Å². The van der Waals surface area contributed by atoms with Crippen LogP contribution in [0.25, 0.3) is 17.0 Å². The molecule has 5 rings (SSSR count). The first kappa shape index (κ1) is 20.4. The first-order valence-corrected chi connectivity index (χ1v) is 10.6. The highest BCUT2D eigenvalue weighted by molar-refractivity contribution is 5.60. The number of nitrogens with zero attached hydrogens (tertiary/aromatic N) is 4. The number of hydrogen-bond donors (Lipinski definition) is 1. The van der Waals surface area contributed by atoms with Gasteiger partial charge in [0.15, 0.2) is 11.5 Å². The third kappa shape index (κ3) is 3.78. The predicted molar refractivity (Wildman–Crippen MR) is 119 cm³/mol. The van der Waals surface area contributed by atoms with Gasteiger partial charge in [-0.2, -0.15) is 4.52 Å². The van der Waals surface area contributed by atoms with E-state index in [1.165, 1.54) is 11.6 Å². The van der Waals surface area contributed by atoms with E-state index < -0.39 is 0 Å². The molecule has 1 aliphatic rings. The van der Waals surface area contributed by atoms with Crippen LogP contribution >= 0.6 is 0 Å². The largest absolute Gasteiger partial charge is 0.497 e. The molecule has 2 aromatic heterocycles. The lowest BCUT2D eigenvalue weighted by Gasteiger charge is -2.38. The van der Waals surface area contributed by atoms with Gasteiger partial charge in [-0.3, -0.25) is 0 Å². The van der Waals surface area contributed by atoms with E-state index in [-0.39, 0.29) is 11.2 Å². The Morgan fingerprint density at radius 1 is 1.03 bits per heavy atom. The summed E-state index contributed by atoms with van der Waals surface area (Å²) >= 11 is 0. The summed E-state index contributed by atoms with van der Waals surface area (Å²) in [4.78, 5) is 0. The third-order valence-corrected chi connectivity index (χ3v) is 6.14. The lowest BCUT2D eigenvalue weighted by molar-refractivity contribution is 0.0543. The van der Waals surface area contributed by atoms with Gasteiger partial charge in [0.1, 0.15) is 17.4 Å². The predicted octanol–water partition coefficient (Wildman–Crippen LogP) is 4.10. The minimum atomic E-state index is -0.359. The highest BCUT2D eigenvalue weighted by atomic mass is 19.1.